The molecule has 178 valence electrons. The lowest BCUT2D eigenvalue weighted by Gasteiger charge is -2.13. The van der Waals surface area contributed by atoms with Crippen molar-refractivity contribution >= 4 is 29.1 Å². The number of amides is 2. The van der Waals surface area contributed by atoms with E-state index in [1.165, 1.54) is 5.56 Å². The third-order valence-electron chi connectivity index (χ3n) is 5.05. The van der Waals surface area contributed by atoms with Gasteiger partial charge in [0.25, 0.3) is 11.8 Å². The van der Waals surface area contributed by atoms with Gasteiger partial charge in [-0.05, 0) is 78.9 Å². The van der Waals surface area contributed by atoms with Crippen molar-refractivity contribution < 1.29 is 19.1 Å². The minimum atomic E-state index is -0.430. The van der Waals surface area contributed by atoms with Gasteiger partial charge in [-0.3, -0.25) is 25.8 Å². The summed E-state index contributed by atoms with van der Waals surface area (Å²) in [5.41, 5.74) is 6.55. The van der Waals surface area contributed by atoms with Crippen molar-refractivity contribution in [3.63, 3.8) is 0 Å². The number of hydrazine groups is 1. The van der Waals surface area contributed by atoms with Crippen LogP contribution in [-0.4, -0.2) is 30.1 Å². The molecule has 0 spiro atoms. The number of rotatable bonds is 10. The van der Waals surface area contributed by atoms with E-state index in [1.807, 2.05) is 24.3 Å². The zero-order valence-corrected chi connectivity index (χ0v) is 20.5. The van der Waals surface area contributed by atoms with Crippen LogP contribution in [0.15, 0.2) is 48.5 Å². The maximum atomic E-state index is 12.3. The van der Waals surface area contributed by atoms with Gasteiger partial charge in [0.1, 0.15) is 11.5 Å². The SMILES string of the molecule is CCC(C)c1ccc(OCC(=O)NNC(=S)NC(=O)c2ccc(OCCC(C)C)cc2)cc1. The lowest BCUT2D eigenvalue weighted by molar-refractivity contribution is -0.123. The molecule has 0 aliphatic heterocycles. The van der Waals surface area contributed by atoms with Crippen molar-refractivity contribution in [3.8, 4) is 11.5 Å². The standard InChI is InChI=1S/C25H33N3O4S/c1-5-18(4)19-6-10-22(11-7-19)32-16-23(29)27-28-25(33)26-24(30)20-8-12-21(13-9-20)31-15-14-17(2)3/h6-13,17-18H,5,14-16H2,1-4H3,(H,27,29)(H2,26,28,30,33). The van der Waals surface area contributed by atoms with Crippen LogP contribution in [0, 0.1) is 5.92 Å². The smallest absolute Gasteiger partial charge is 0.276 e. The zero-order valence-electron chi connectivity index (χ0n) is 19.6. The van der Waals surface area contributed by atoms with E-state index in [-0.39, 0.29) is 11.7 Å². The van der Waals surface area contributed by atoms with Crippen molar-refractivity contribution in [1.82, 2.24) is 16.2 Å². The number of ether oxygens (including phenoxy) is 2. The Morgan fingerprint density at radius 3 is 2.12 bits per heavy atom. The number of nitrogens with one attached hydrogen (secondary N) is 3. The first-order chi connectivity index (χ1) is 15.8. The topological polar surface area (TPSA) is 88.7 Å². The van der Waals surface area contributed by atoms with Gasteiger partial charge in [0.2, 0.25) is 0 Å². The molecule has 2 amide bonds. The number of thiocarbonyl (C=S) groups is 1. The minimum absolute atomic E-state index is 0.0245. The van der Waals surface area contributed by atoms with E-state index in [2.05, 4.69) is 43.9 Å². The summed E-state index contributed by atoms with van der Waals surface area (Å²) in [7, 11) is 0. The van der Waals surface area contributed by atoms with E-state index in [9.17, 15) is 9.59 Å². The minimum Gasteiger partial charge on any atom is -0.494 e. The highest BCUT2D eigenvalue weighted by molar-refractivity contribution is 7.80. The van der Waals surface area contributed by atoms with Crippen molar-refractivity contribution in [2.45, 2.75) is 46.5 Å². The summed E-state index contributed by atoms with van der Waals surface area (Å²) in [6.07, 6.45) is 2.02. The van der Waals surface area contributed by atoms with Crippen molar-refractivity contribution in [1.29, 1.82) is 0 Å². The van der Waals surface area contributed by atoms with Crippen LogP contribution in [0.1, 0.15) is 62.4 Å². The van der Waals surface area contributed by atoms with E-state index >= 15 is 0 Å². The van der Waals surface area contributed by atoms with Gasteiger partial charge in [-0.25, -0.2) is 0 Å². The van der Waals surface area contributed by atoms with Gasteiger partial charge >= 0.3 is 0 Å². The Balaban J connectivity index is 1.70. The first kappa shape index (κ1) is 26.1. The summed E-state index contributed by atoms with van der Waals surface area (Å²) in [5.74, 6) is 1.52. The Kier molecular flexibility index (Phi) is 10.6. The normalized spacial score (nSPS) is 11.4. The molecule has 2 rings (SSSR count). The Morgan fingerprint density at radius 1 is 0.909 bits per heavy atom. The average Bonchev–Trinajstić information content (AvgIpc) is 2.81. The lowest BCUT2D eigenvalue weighted by atomic mass is 9.99. The Bertz CT molecular complexity index is 914. The Labute approximate surface area is 201 Å². The summed E-state index contributed by atoms with van der Waals surface area (Å²) >= 11 is 5.06. The van der Waals surface area contributed by atoms with E-state index < -0.39 is 11.8 Å². The van der Waals surface area contributed by atoms with E-state index in [0.717, 1.165) is 12.8 Å². The second kappa shape index (κ2) is 13.4. The number of carbonyl (C=O) groups is 2. The molecule has 0 aliphatic carbocycles. The molecule has 0 aliphatic rings. The maximum absolute atomic E-state index is 12.3. The molecule has 0 saturated carbocycles. The van der Waals surface area contributed by atoms with Crippen LogP contribution in [0.3, 0.4) is 0 Å². The third-order valence-corrected chi connectivity index (χ3v) is 5.26. The number of carbonyl (C=O) groups excluding carboxylic acids is 2. The second-order valence-electron chi connectivity index (χ2n) is 8.18. The molecule has 0 radical (unpaired) electrons. The van der Waals surface area contributed by atoms with Gasteiger partial charge in [0.15, 0.2) is 11.7 Å². The van der Waals surface area contributed by atoms with E-state index in [1.54, 1.807) is 24.3 Å². The number of benzene rings is 2. The molecular weight excluding hydrogens is 438 g/mol. The van der Waals surface area contributed by atoms with Crippen molar-refractivity contribution in [3.05, 3.63) is 59.7 Å². The molecule has 0 heterocycles. The first-order valence-corrected chi connectivity index (χ1v) is 11.5. The van der Waals surface area contributed by atoms with Gasteiger partial charge in [-0.2, -0.15) is 0 Å². The number of hydrogen-bond acceptors (Lipinski definition) is 5. The fourth-order valence-electron chi connectivity index (χ4n) is 2.76. The lowest BCUT2D eigenvalue weighted by Crippen LogP contribution is -2.49. The highest BCUT2D eigenvalue weighted by atomic mass is 32.1. The average molecular weight is 472 g/mol. The molecule has 0 aromatic heterocycles. The highest BCUT2D eigenvalue weighted by Crippen LogP contribution is 2.21. The fraction of sp³-hybridized carbons (Fsp3) is 0.400. The molecule has 3 N–H and O–H groups in total. The van der Waals surface area contributed by atoms with Gasteiger partial charge < -0.3 is 9.47 Å². The van der Waals surface area contributed by atoms with E-state index in [0.29, 0.717) is 35.5 Å². The highest BCUT2D eigenvalue weighted by Gasteiger charge is 2.10. The molecule has 2 aromatic carbocycles. The molecule has 2 aromatic rings. The molecule has 8 heteroatoms. The van der Waals surface area contributed by atoms with Crippen LogP contribution in [0.4, 0.5) is 0 Å². The van der Waals surface area contributed by atoms with Gasteiger partial charge in [0, 0.05) is 5.56 Å². The monoisotopic (exact) mass is 471 g/mol. The largest absolute Gasteiger partial charge is 0.494 e. The predicted molar refractivity (Wildman–Crippen MR) is 133 cm³/mol. The van der Waals surface area contributed by atoms with Gasteiger partial charge in [-0.1, -0.05) is 39.8 Å². The Morgan fingerprint density at radius 2 is 1.52 bits per heavy atom. The summed E-state index contributed by atoms with van der Waals surface area (Å²) in [4.78, 5) is 24.3. The van der Waals surface area contributed by atoms with Crippen LogP contribution in [0.5, 0.6) is 11.5 Å². The third kappa shape index (κ3) is 9.49. The second-order valence-corrected chi connectivity index (χ2v) is 8.59. The Hall–Kier alpha value is -3.13. The molecule has 0 saturated heterocycles. The van der Waals surface area contributed by atoms with Crippen LogP contribution >= 0.6 is 12.2 Å². The molecule has 0 bridgehead atoms. The van der Waals surface area contributed by atoms with Crippen LogP contribution in [0.25, 0.3) is 0 Å². The summed E-state index contributed by atoms with van der Waals surface area (Å²) < 4.78 is 11.1. The van der Waals surface area contributed by atoms with Crippen LogP contribution in [-0.2, 0) is 4.79 Å². The summed E-state index contributed by atoms with van der Waals surface area (Å²) in [6.45, 7) is 9.01. The van der Waals surface area contributed by atoms with Gasteiger partial charge in [-0.15, -0.1) is 0 Å². The fourth-order valence-corrected chi connectivity index (χ4v) is 2.91. The van der Waals surface area contributed by atoms with Gasteiger partial charge in [0.05, 0.1) is 6.61 Å². The predicted octanol–water partition coefficient (Wildman–Crippen LogP) is 4.34. The van der Waals surface area contributed by atoms with Crippen LogP contribution < -0.4 is 25.6 Å². The van der Waals surface area contributed by atoms with E-state index in [4.69, 9.17) is 21.7 Å². The van der Waals surface area contributed by atoms with Crippen LogP contribution in [0.2, 0.25) is 0 Å². The van der Waals surface area contributed by atoms with Crippen molar-refractivity contribution in [2.24, 2.45) is 5.92 Å². The number of hydrogen-bond donors (Lipinski definition) is 3. The molecule has 0 fully saturated rings. The summed E-state index contributed by atoms with van der Waals surface area (Å²) in [6, 6.07) is 14.5. The first-order valence-electron chi connectivity index (χ1n) is 11.1. The molecule has 33 heavy (non-hydrogen) atoms. The summed E-state index contributed by atoms with van der Waals surface area (Å²) in [5, 5.41) is 2.49. The maximum Gasteiger partial charge on any atom is 0.276 e. The zero-order chi connectivity index (χ0) is 24.2. The molecule has 7 nitrogen and oxygen atoms in total. The molecule has 1 atom stereocenters. The quantitative estimate of drug-likeness (QED) is 0.353. The molecular formula is C25H33N3O4S. The molecule has 1 unspecified atom stereocenters. The van der Waals surface area contributed by atoms with Crippen molar-refractivity contribution in [2.75, 3.05) is 13.2 Å².